The van der Waals surface area contributed by atoms with Crippen molar-refractivity contribution in [2.24, 2.45) is 0 Å². The van der Waals surface area contributed by atoms with Crippen molar-refractivity contribution in [2.45, 2.75) is 25.0 Å². The average molecular weight is 325 g/mol. The first kappa shape index (κ1) is 10.7. The molecule has 0 amide bonds. The molecule has 1 aromatic rings. The normalized spacial score (nSPS) is 24.1. The number of aliphatic hydroxyl groups excluding tert-OH is 1. The summed E-state index contributed by atoms with van der Waals surface area (Å²) in [5, 5.41) is 13.2. The number of halogens is 2. The van der Waals surface area contributed by atoms with Gasteiger partial charge < -0.3 is 14.8 Å². The summed E-state index contributed by atoms with van der Waals surface area (Å²) in [4.78, 5) is 0. The highest BCUT2D eigenvalue weighted by molar-refractivity contribution is 9.13. The molecule has 0 bridgehead atoms. The predicted octanol–water partition coefficient (Wildman–Crippen LogP) is 2.59. The van der Waals surface area contributed by atoms with Crippen LogP contribution in [0.4, 0.5) is 0 Å². The number of hydrogen-bond acceptors (Lipinski definition) is 3. The molecular formula is C9H11Br2NO2. The topological polar surface area (TPSA) is 45.4 Å². The Morgan fingerprint density at radius 3 is 2.86 bits per heavy atom. The van der Waals surface area contributed by atoms with E-state index in [1.54, 1.807) is 6.07 Å². The molecule has 1 aromatic heterocycles. The predicted molar refractivity (Wildman–Crippen MR) is 60.1 cm³/mol. The molecule has 0 aromatic carbocycles. The van der Waals surface area contributed by atoms with Crippen LogP contribution in [-0.2, 0) is 0 Å². The van der Waals surface area contributed by atoms with Gasteiger partial charge in [-0.05, 0) is 57.3 Å². The second-order valence-corrected chi connectivity index (χ2v) is 4.99. The fourth-order valence-corrected chi connectivity index (χ4v) is 2.30. The van der Waals surface area contributed by atoms with Gasteiger partial charge in [-0.15, -0.1) is 0 Å². The van der Waals surface area contributed by atoms with Gasteiger partial charge in [0.25, 0.3) is 0 Å². The van der Waals surface area contributed by atoms with Gasteiger partial charge in [-0.2, -0.15) is 0 Å². The molecule has 3 nitrogen and oxygen atoms in total. The van der Waals surface area contributed by atoms with Crippen LogP contribution in [0.15, 0.2) is 19.6 Å². The molecule has 2 N–H and O–H groups in total. The minimum absolute atomic E-state index is 0.125. The molecule has 2 heterocycles. The second-order valence-electron chi connectivity index (χ2n) is 3.42. The zero-order valence-electron chi connectivity index (χ0n) is 7.46. The molecular weight excluding hydrogens is 314 g/mol. The van der Waals surface area contributed by atoms with E-state index >= 15 is 0 Å². The lowest BCUT2D eigenvalue weighted by atomic mass is 10.1. The van der Waals surface area contributed by atoms with Crippen LogP contribution in [0.5, 0.6) is 0 Å². The van der Waals surface area contributed by atoms with Gasteiger partial charge in [-0.3, -0.25) is 0 Å². The van der Waals surface area contributed by atoms with Crippen LogP contribution in [0.1, 0.15) is 24.7 Å². The van der Waals surface area contributed by atoms with Crippen LogP contribution in [0.3, 0.4) is 0 Å². The number of hydrogen-bond donors (Lipinski definition) is 2. The Kier molecular flexibility index (Phi) is 3.31. The smallest absolute Gasteiger partial charge is 0.183 e. The first-order valence-electron chi connectivity index (χ1n) is 4.54. The van der Waals surface area contributed by atoms with Crippen LogP contribution >= 0.6 is 31.9 Å². The van der Waals surface area contributed by atoms with Gasteiger partial charge in [0.2, 0.25) is 0 Å². The van der Waals surface area contributed by atoms with Crippen molar-refractivity contribution in [3.63, 3.8) is 0 Å². The summed E-state index contributed by atoms with van der Waals surface area (Å²) in [7, 11) is 0. The highest BCUT2D eigenvalue weighted by Gasteiger charge is 2.26. The largest absolute Gasteiger partial charge is 0.450 e. The quantitative estimate of drug-likeness (QED) is 0.879. The maximum Gasteiger partial charge on any atom is 0.183 e. The molecule has 1 aliphatic rings. The Labute approximate surface area is 99.1 Å². The van der Waals surface area contributed by atoms with E-state index in [4.69, 9.17) is 4.42 Å². The Morgan fingerprint density at radius 1 is 1.57 bits per heavy atom. The van der Waals surface area contributed by atoms with Crippen LogP contribution in [0.25, 0.3) is 0 Å². The summed E-state index contributed by atoms with van der Waals surface area (Å²) < 4.78 is 6.84. The maximum absolute atomic E-state index is 9.96. The first-order valence-corrected chi connectivity index (χ1v) is 6.13. The second kappa shape index (κ2) is 4.35. The summed E-state index contributed by atoms with van der Waals surface area (Å²) in [5.74, 6) is 0.600. The molecule has 14 heavy (non-hydrogen) atoms. The van der Waals surface area contributed by atoms with E-state index in [1.807, 2.05) is 0 Å². The lowest BCUT2D eigenvalue weighted by Crippen LogP contribution is -2.28. The maximum atomic E-state index is 9.96. The number of rotatable bonds is 2. The van der Waals surface area contributed by atoms with E-state index in [2.05, 4.69) is 37.2 Å². The van der Waals surface area contributed by atoms with E-state index < -0.39 is 6.10 Å². The monoisotopic (exact) mass is 323 g/mol. The molecule has 1 saturated heterocycles. The van der Waals surface area contributed by atoms with Crippen LogP contribution in [0, 0.1) is 0 Å². The SMILES string of the molecule is OC(c1cc(Br)c(Br)o1)C1CCCN1. The van der Waals surface area contributed by atoms with E-state index in [0.29, 0.717) is 10.4 Å². The Bertz CT molecular complexity index is 301. The van der Waals surface area contributed by atoms with Gasteiger partial charge in [0.1, 0.15) is 11.9 Å². The van der Waals surface area contributed by atoms with Crippen molar-refractivity contribution in [3.8, 4) is 0 Å². The van der Waals surface area contributed by atoms with Crippen molar-refractivity contribution in [2.75, 3.05) is 6.54 Å². The Hall–Kier alpha value is 0.160. The number of aliphatic hydroxyl groups is 1. The molecule has 2 rings (SSSR count). The third-order valence-corrected chi connectivity index (χ3v) is 4.15. The van der Waals surface area contributed by atoms with E-state index in [1.165, 1.54) is 0 Å². The van der Waals surface area contributed by atoms with Crippen molar-refractivity contribution in [1.29, 1.82) is 0 Å². The highest BCUT2D eigenvalue weighted by Crippen LogP contribution is 2.32. The van der Waals surface area contributed by atoms with Gasteiger partial charge in [0, 0.05) is 6.04 Å². The van der Waals surface area contributed by atoms with Crippen LogP contribution in [0.2, 0.25) is 0 Å². The third-order valence-electron chi connectivity index (χ3n) is 2.44. The first-order chi connectivity index (χ1) is 6.68. The molecule has 1 aliphatic heterocycles. The van der Waals surface area contributed by atoms with Crippen molar-refractivity contribution in [3.05, 3.63) is 21.0 Å². The number of furan rings is 1. The van der Waals surface area contributed by atoms with Crippen molar-refractivity contribution in [1.82, 2.24) is 5.32 Å². The summed E-state index contributed by atoms with van der Waals surface area (Å²) in [6, 6.07) is 1.93. The van der Waals surface area contributed by atoms with Gasteiger partial charge in [-0.25, -0.2) is 0 Å². The van der Waals surface area contributed by atoms with Crippen LogP contribution < -0.4 is 5.32 Å². The molecule has 2 atom stereocenters. The molecule has 0 spiro atoms. The average Bonchev–Trinajstić information content (AvgIpc) is 2.76. The van der Waals surface area contributed by atoms with Gasteiger partial charge >= 0.3 is 0 Å². The highest BCUT2D eigenvalue weighted by atomic mass is 79.9. The third kappa shape index (κ3) is 2.05. The van der Waals surface area contributed by atoms with Gasteiger partial charge in [0.05, 0.1) is 4.47 Å². The summed E-state index contributed by atoms with van der Waals surface area (Å²) in [5.41, 5.74) is 0. The minimum atomic E-state index is -0.555. The minimum Gasteiger partial charge on any atom is -0.450 e. The van der Waals surface area contributed by atoms with Crippen LogP contribution in [-0.4, -0.2) is 17.7 Å². The van der Waals surface area contributed by atoms with Gasteiger partial charge in [0.15, 0.2) is 4.67 Å². The zero-order chi connectivity index (χ0) is 10.1. The van der Waals surface area contributed by atoms with E-state index in [9.17, 15) is 5.11 Å². The Morgan fingerprint density at radius 2 is 2.36 bits per heavy atom. The fraction of sp³-hybridized carbons (Fsp3) is 0.556. The summed E-state index contributed by atoms with van der Waals surface area (Å²) in [6.07, 6.45) is 1.56. The van der Waals surface area contributed by atoms with E-state index in [0.717, 1.165) is 23.9 Å². The lowest BCUT2D eigenvalue weighted by molar-refractivity contribution is 0.112. The Balaban J connectivity index is 2.13. The molecule has 2 unspecified atom stereocenters. The molecule has 5 heteroatoms. The molecule has 0 aliphatic carbocycles. The zero-order valence-corrected chi connectivity index (χ0v) is 10.6. The fourth-order valence-electron chi connectivity index (χ4n) is 1.69. The standard InChI is InChI=1S/C9H11Br2NO2/c10-5-4-7(14-9(5)11)8(13)6-2-1-3-12-6/h4,6,8,12-13H,1-3H2. The lowest BCUT2D eigenvalue weighted by Gasteiger charge is -2.15. The van der Waals surface area contributed by atoms with Gasteiger partial charge in [-0.1, -0.05) is 0 Å². The molecule has 78 valence electrons. The molecule has 1 fully saturated rings. The van der Waals surface area contributed by atoms with Crippen molar-refractivity contribution < 1.29 is 9.52 Å². The summed E-state index contributed by atoms with van der Waals surface area (Å²) in [6.45, 7) is 0.977. The summed E-state index contributed by atoms with van der Waals surface area (Å²) >= 11 is 6.57. The van der Waals surface area contributed by atoms with E-state index in [-0.39, 0.29) is 6.04 Å². The number of nitrogens with one attached hydrogen (secondary N) is 1. The molecule has 0 radical (unpaired) electrons. The molecule has 0 saturated carbocycles. The van der Waals surface area contributed by atoms with Crippen molar-refractivity contribution >= 4 is 31.9 Å².